The second-order valence-corrected chi connectivity index (χ2v) is 11.7. The van der Waals surface area contributed by atoms with E-state index >= 15 is 0 Å². The van der Waals surface area contributed by atoms with Crippen molar-refractivity contribution in [2.45, 2.75) is 32.0 Å². The number of halogens is 1. The van der Waals surface area contributed by atoms with Gasteiger partial charge in [0.25, 0.3) is 11.2 Å². The van der Waals surface area contributed by atoms with Crippen LogP contribution in [0.3, 0.4) is 0 Å². The van der Waals surface area contributed by atoms with Crippen molar-refractivity contribution in [1.29, 1.82) is 0 Å². The monoisotopic (exact) mass is 666 g/mol. The number of fused-ring (bicyclic) bond motifs is 2. The van der Waals surface area contributed by atoms with Gasteiger partial charge in [0, 0.05) is 34.4 Å². The second-order valence-electron chi connectivity index (χ2n) is 10.8. The molecule has 0 N–H and O–H groups in total. The Labute approximate surface area is 265 Å². The number of ether oxygens (including phenoxy) is 2. The summed E-state index contributed by atoms with van der Waals surface area (Å²) in [5.41, 5.74) is 2.41. The molecule has 11 nitrogen and oxygen atoms in total. The molecule has 45 heavy (non-hydrogen) atoms. The zero-order valence-corrected chi connectivity index (χ0v) is 25.8. The molecule has 1 unspecified atom stereocenters. The summed E-state index contributed by atoms with van der Waals surface area (Å²) in [4.78, 5) is 36.0. The van der Waals surface area contributed by atoms with E-state index in [0.29, 0.717) is 33.8 Å². The van der Waals surface area contributed by atoms with E-state index < -0.39 is 10.5 Å². The van der Waals surface area contributed by atoms with Crippen molar-refractivity contribution in [2.75, 3.05) is 13.7 Å². The van der Waals surface area contributed by atoms with Crippen LogP contribution in [0.1, 0.15) is 31.1 Å². The molecule has 3 aromatic heterocycles. The van der Waals surface area contributed by atoms with Gasteiger partial charge in [-0.3, -0.25) is 24.5 Å². The highest BCUT2D eigenvalue weighted by molar-refractivity contribution is 9.10. The summed E-state index contributed by atoms with van der Waals surface area (Å²) in [5, 5.41) is 18.2. The van der Waals surface area contributed by atoms with Crippen LogP contribution in [0.2, 0.25) is 0 Å². The molecule has 0 aliphatic carbocycles. The summed E-state index contributed by atoms with van der Waals surface area (Å²) in [6.07, 6.45) is 7.62. The van der Waals surface area contributed by atoms with Gasteiger partial charge in [-0.25, -0.2) is 9.67 Å². The summed E-state index contributed by atoms with van der Waals surface area (Å²) in [6.45, 7) is 0.782. The van der Waals surface area contributed by atoms with Gasteiger partial charge in [-0.05, 0) is 82.7 Å². The van der Waals surface area contributed by atoms with Crippen LogP contribution in [0.5, 0.6) is 5.75 Å². The van der Waals surface area contributed by atoms with Gasteiger partial charge in [0.05, 0.1) is 41.4 Å². The van der Waals surface area contributed by atoms with Crippen LogP contribution in [-0.4, -0.2) is 43.0 Å². The Kier molecular flexibility index (Phi) is 7.60. The van der Waals surface area contributed by atoms with E-state index in [1.54, 1.807) is 56.0 Å². The lowest BCUT2D eigenvalue weighted by atomic mass is 9.98. The number of pyridine rings is 1. The fourth-order valence-corrected chi connectivity index (χ4v) is 6.48. The van der Waals surface area contributed by atoms with E-state index in [-0.39, 0.29) is 34.9 Å². The minimum atomic E-state index is -0.539. The molecule has 0 spiro atoms. The Bertz CT molecular complexity index is 2120. The molecule has 0 radical (unpaired) electrons. The molecule has 1 saturated heterocycles. The largest absolute Gasteiger partial charge is 0.497 e. The first-order chi connectivity index (χ1) is 21.9. The quantitative estimate of drug-likeness (QED) is 0.133. The molecule has 3 aromatic carbocycles. The maximum atomic E-state index is 14.5. The van der Waals surface area contributed by atoms with Crippen molar-refractivity contribution < 1.29 is 14.4 Å². The van der Waals surface area contributed by atoms with E-state index in [9.17, 15) is 14.9 Å². The minimum absolute atomic E-state index is 0.0921. The van der Waals surface area contributed by atoms with Crippen molar-refractivity contribution in [3.63, 3.8) is 0 Å². The van der Waals surface area contributed by atoms with Crippen molar-refractivity contribution in [3.05, 3.63) is 110 Å². The number of aromatic nitrogens is 5. The number of benzene rings is 3. The summed E-state index contributed by atoms with van der Waals surface area (Å²) in [5.74, 6) is 1.02. The minimum Gasteiger partial charge on any atom is -0.497 e. The van der Waals surface area contributed by atoms with Crippen molar-refractivity contribution in [3.8, 4) is 28.3 Å². The lowest BCUT2D eigenvalue weighted by Crippen LogP contribution is -2.25. The normalized spacial score (nSPS) is 15.0. The number of nitro benzene ring substituents is 1. The van der Waals surface area contributed by atoms with Crippen LogP contribution in [0.4, 0.5) is 5.69 Å². The molecular weight excluding hydrogens is 640 g/mol. The van der Waals surface area contributed by atoms with Gasteiger partial charge in [0.15, 0.2) is 6.23 Å². The Morgan fingerprint density at radius 2 is 1.93 bits per heavy atom. The lowest BCUT2D eigenvalue weighted by molar-refractivity contribution is -0.382. The predicted molar refractivity (Wildman–Crippen MR) is 173 cm³/mol. The van der Waals surface area contributed by atoms with Gasteiger partial charge in [0.2, 0.25) is 0 Å². The molecule has 0 saturated carbocycles. The van der Waals surface area contributed by atoms with E-state index in [0.717, 1.165) is 35.7 Å². The maximum Gasteiger partial charge on any atom is 0.292 e. The molecule has 6 aromatic rings. The Hall–Kier alpha value is -4.94. The number of rotatable bonds is 7. The standard InChI is InChI=1S/C33H27BrN6O5/c1-44-22-12-10-20(11-13-22)19-38-32(21-6-5-14-35-17-21)37-30-26(34)16-24(31(40(42)43)29(30)33(38)41)23-7-4-8-27-25(23)18-36-39(27)28-9-2-3-15-45-28/h4-8,10-14,16-18,28H,2-3,9,15,19H2,1H3. The number of nitro groups is 1. The van der Waals surface area contributed by atoms with Crippen molar-refractivity contribution in [1.82, 2.24) is 24.3 Å². The smallest absolute Gasteiger partial charge is 0.292 e. The number of hydrogen-bond donors (Lipinski definition) is 0. The molecule has 7 rings (SSSR count). The Balaban J connectivity index is 1.48. The summed E-state index contributed by atoms with van der Waals surface area (Å²) >= 11 is 3.60. The Morgan fingerprint density at radius 1 is 1.09 bits per heavy atom. The van der Waals surface area contributed by atoms with E-state index in [2.05, 4.69) is 26.0 Å². The fourth-order valence-electron chi connectivity index (χ4n) is 5.96. The highest BCUT2D eigenvalue weighted by Gasteiger charge is 2.29. The van der Waals surface area contributed by atoms with Crippen molar-refractivity contribution in [2.24, 2.45) is 0 Å². The third kappa shape index (κ3) is 5.15. The van der Waals surface area contributed by atoms with Gasteiger partial charge in [-0.15, -0.1) is 0 Å². The number of methoxy groups -OCH3 is 1. The van der Waals surface area contributed by atoms with Crippen LogP contribution in [-0.2, 0) is 11.3 Å². The molecular formula is C33H27BrN6O5. The molecule has 0 amide bonds. The first-order valence-electron chi connectivity index (χ1n) is 14.5. The van der Waals surface area contributed by atoms with Gasteiger partial charge in [-0.2, -0.15) is 5.10 Å². The molecule has 226 valence electrons. The van der Waals surface area contributed by atoms with Crippen LogP contribution < -0.4 is 10.3 Å². The molecule has 4 heterocycles. The SMILES string of the molecule is COc1ccc(Cn2c(-c3cccnc3)nc3c(Br)cc(-c4cccc5c4cnn5C4CCCCO4)c([N+](=O)[O-])c3c2=O)cc1. The molecule has 1 atom stereocenters. The molecule has 12 heteroatoms. The van der Waals surface area contributed by atoms with Gasteiger partial charge < -0.3 is 9.47 Å². The van der Waals surface area contributed by atoms with E-state index in [1.165, 1.54) is 4.57 Å². The average molecular weight is 668 g/mol. The first kappa shape index (κ1) is 28.8. The van der Waals surface area contributed by atoms with Gasteiger partial charge >= 0.3 is 0 Å². The zero-order valence-electron chi connectivity index (χ0n) is 24.2. The fraction of sp³-hybridized carbons (Fsp3) is 0.212. The van der Waals surface area contributed by atoms with Crippen LogP contribution in [0, 0.1) is 10.1 Å². The Morgan fingerprint density at radius 3 is 2.64 bits per heavy atom. The topological polar surface area (TPSA) is 127 Å². The van der Waals surface area contributed by atoms with Crippen molar-refractivity contribution >= 4 is 43.4 Å². The van der Waals surface area contributed by atoms with Crippen LogP contribution in [0.25, 0.3) is 44.3 Å². The number of hydrogen-bond acceptors (Lipinski definition) is 8. The lowest BCUT2D eigenvalue weighted by Gasteiger charge is -2.23. The van der Waals surface area contributed by atoms with Crippen LogP contribution >= 0.6 is 15.9 Å². The van der Waals surface area contributed by atoms with E-state index in [4.69, 9.17) is 14.5 Å². The highest BCUT2D eigenvalue weighted by Crippen LogP contribution is 2.42. The van der Waals surface area contributed by atoms with Gasteiger partial charge in [0.1, 0.15) is 17.0 Å². The molecule has 1 aliphatic heterocycles. The highest BCUT2D eigenvalue weighted by atomic mass is 79.9. The molecule has 1 fully saturated rings. The van der Waals surface area contributed by atoms with Gasteiger partial charge in [-0.1, -0.05) is 24.3 Å². The summed E-state index contributed by atoms with van der Waals surface area (Å²) in [6, 6.07) is 18.1. The molecule has 1 aliphatic rings. The summed E-state index contributed by atoms with van der Waals surface area (Å²) < 4.78 is 15.0. The average Bonchev–Trinajstić information content (AvgIpc) is 3.51. The van der Waals surface area contributed by atoms with E-state index in [1.807, 2.05) is 35.0 Å². The third-order valence-electron chi connectivity index (χ3n) is 8.12. The second kappa shape index (κ2) is 11.9. The zero-order chi connectivity index (χ0) is 31.1. The predicted octanol–water partition coefficient (Wildman–Crippen LogP) is 6.90. The maximum absolute atomic E-state index is 14.5. The summed E-state index contributed by atoms with van der Waals surface area (Å²) in [7, 11) is 1.58. The first-order valence-corrected chi connectivity index (χ1v) is 15.3. The third-order valence-corrected chi connectivity index (χ3v) is 8.72. The number of nitrogens with zero attached hydrogens (tertiary/aromatic N) is 6. The van der Waals surface area contributed by atoms with Crippen LogP contribution in [0.15, 0.2) is 88.5 Å². The molecule has 0 bridgehead atoms.